The zero-order valence-corrected chi connectivity index (χ0v) is 9.54. The second kappa shape index (κ2) is 4.11. The van der Waals surface area contributed by atoms with Crippen molar-refractivity contribution in [1.29, 1.82) is 0 Å². The molecular formula is C9H11NO5S. The van der Waals surface area contributed by atoms with Crippen molar-refractivity contribution >= 4 is 21.8 Å². The van der Waals surface area contributed by atoms with Gasteiger partial charge in [0.25, 0.3) is 10.1 Å². The first-order valence-electron chi connectivity index (χ1n) is 4.24. The number of hydrogen-bond donors (Lipinski definition) is 2. The first-order valence-corrected chi connectivity index (χ1v) is 5.68. The first-order chi connectivity index (χ1) is 7.29. The summed E-state index contributed by atoms with van der Waals surface area (Å²) in [6, 6.07) is 2.30. The zero-order valence-electron chi connectivity index (χ0n) is 8.72. The lowest BCUT2D eigenvalue weighted by Gasteiger charge is -2.09. The van der Waals surface area contributed by atoms with Gasteiger partial charge in [-0.1, -0.05) is 0 Å². The maximum Gasteiger partial charge on any atom is 0.339 e. The second-order valence-corrected chi connectivity index (χ2v) is 4.51. The molecule has 0 amide bonds. The minimum absolute atomic E-state index is 0.0259. The molecule has 0 aliphatic carbocycles. The molecule has 0 aliphatic heterocycles. The van der Waals surface area contributed by atoms with Crippen molar-refractivity contribution in [3.05, 3.63) is 23.3 Å². The Morgan fingerprint density at radius 2 is 2.00 bits per heavy atom. The van der Waals surface area contributed by atoms with Crippen LogP contribution in [0, 0.1) is 6.92 Å². The number of carbonyl (C=O) groups is 1. The molecule has 0 aromatic heterocycles. The van der Waals surface area contributed by atoms with Gasteiger partial charge in [-0.25, -0.2) is 4.79 Å². The van der Waals surface area contributed by atoms with Gasteiger partial charge in [-0.3, -0.25) is 4.55 Å². The van der Waals surface area contributed by atoms with Gasteiger partial charge in [-0.2, -0.15) is 8.42 Å². The topological polar surface area (TPSA) is 107 Å². The highest BCUT2D eigenvalue weighted by atomic mass is 32.2. The number of nitrogen functional groups attached to an aromatic ring is 1. The summed E-state index contributed by atoms with van der Waals surface area (Å²) >= 11 is 0. The molecule has 0 spiro atoms. The molecule has 0 fully saturated rings. The summed E-state index contributed by atoms with van der Waals surface area (Å²) in [5, 5.41) is 0. The highest BCUT2D eigenvalue weighted by Crippen LogP contribution is 2.24. The second-order valence-electron chi connectivity index (χ2n) is 3.12. The van der Waals surface area contributed by atoms with Gasteiger partial charge in [-0.15, -0.1) is 0 Å². The Morgan fingerprint density at radius 3 is 2.44 bits per heavy atom. The Bertz CT molecular complexity index is 535. The summed E-state index contributed by atoms with van der Waals surface area (Å²) in [5.74, 6) is -0.664. The molecule has 6 nitrogen and oxygen atoms in total. The van der Waals surface area contributed by atoms with Crippen LogP contribution in [0.25, 0.3) is 0 Å². The van der Waals surface area contributed by atoms with Gasteiger partial charge in [0.15, 0.2) is 0 Å². The Morgan fingerprint density at radius 1 is 1.44 bits per heavy atom. The molecule has 1 rings (SSSR count). The van der Waals surface area contributed by atoms with E-state index >= 15 is 0 Å². The van der Waals surface area contributed by atoms with Crippen molar-refractivity contribution in [2.45, 2.75) is 11.8 Å². The molecule has 0 radical (unpaired) electrons. The monoisotopic (exact) mass is 245 g/mol. The highest BCUT2D eigenvalue weighted by Gasteiger charge is 2.19. The predicted molar refractivity (Wildman–Crippen MR) is 56.7 cm³/mol. The number of anilines is 1. The Labute approximate surface area is 92.8 Å². The predicted octanol–water partition coefficient (Wildman–Crippen LogP) is 0.611. The van der Waals surface area contributed by atoms with Crippen molar-refractivity contribution in [3.63, 3.8) is 0 Å². The average molecular weight is 245 g/mol. The van der Waals surface area contributed by atoms with Crippen LogP contribution in [0.2, 0.25) is 0 Å². The lowest BCUT2D eigenvalue weighted by Crippen LogP contribution is -2.10. The summed E-state index contributed by atoms with van der Waals surface area (Å²) in [6.07, 6.45) is 0. The van der Waals surface area contributed by atoms with Gasteiger partial charge >= 0.3 is 5.97 Å². The maximum atomic E-state index is 11.2. The van der Waals surface area contributed by atoms with Crippen LogP contribution in [-0.2, 0) is 14.9 Å². The molecule has 1 aromatic carbocycles. The lowest BCUT2D eigenvalue weighted by molar-refractivity contribution is 0.0601. The summed E-state index contributed by atoms with van der Waals surface area (Å²) in [7, 11) is -3.15. The van der Waals surface area contributed by atoms with Crippen molar-refractivity contribution in [3.8, 4) is 0 Å². The highest BCUT2D eigenvalue weighted by molar-refractivity contribution is 7.85. The minimum Gasteiger partial charge on any atom is -0.465 e. The zero-order chi connectivity index (χ0) is 12.5. The summed E-state index contributed by atoms with van der Waals surface area (Å²) in [5.41, 5.74) is 5.73. The summed E-state index contributed by atoms with van der Waals surface area (Å²) in [4.78, 5) is 10.9. The largest absolute Gasteiger partial charge is 0.465 e. The van der Waals surface area contributed by atoms with Gasteiger partial charge in [-0.05, 0) is 24.6 Å². The summed E-state index contributed by atoms with van der Waals surface area (Å²) < 4.78 is 35.2. The third-order valence-corrected chi connectivity index (χ3v) is 3.15. The van der Waals surface area contributed by atoms with E-state index in [4.69, 9.17) is 10.3 Å². The van der Waals surface area contributed by atoms with Crippen LogP contribution in [-0.4, -0.2) is 26.0 Å². The molecule has 0 bridgehead atoms. The van der Waals surface area contributed by atoms with E-state index < -0.39 is 16.1 Å². The van der Waals surface area contributed by atoms with Crippen LogP contribution in [0.3, 0.4) is 0 Å². The molecule has 0 aliphatic rings. The van der Waals surface area contributed by atoms with Crippen molar-refractivity contribution in [2.24, 2.45) is 0 Å². The third kappa shape index (κ3) is 2.15. The standard InChI is InChI=1S/C9H11NO5S/c1-5-7(16(12,13)14)4-3-6(8(5)10)9(11)15-2/h3-4H,10H2,1-2H3,(H,12,13,14). The molecule has 0 unspecified atom stereocenters. The van der Waals surface area contributed by atoms with Crippen molar-refractivity contribution in [1.82, 2.24) is 0 Å². The number of methoxy groups -OCH3 is 1. The van der Waals surface area contributed by atoms with Crippen molar-refractivity contribution in [2.75, 3.05) is 12.8 Å². The van der Waals surface area contributed by atoms with Gasteiger partial charge < -0.3 is 10.5 Å². The van der Waals surface area contributed by atoms with Crippen LogP contribution < -0.4 is 5.73 Å². The fourth-order valence-electron chi connectivity index (χ4n) is 1.28. The lowest BCUT2D eigenvalue weighted by atomic mass is 10.1. The molecule has 0 heterocycles. The average Bonchev–Trinajstić information content (AvgIpc) is 2.19. The number of esters is 1. The molecule has 0 atom stereocenters. The van der Waals surface area contributed by atoms with E-state index in [0.29, 0.717) is 0 Å². The van der Waals surface area contributed by atoms with Crippen LogP contribution in [0.5, 0.6) is 0 Å². The number of rotatable bonds is 2. The molecule has 88 valence electrons. The Hall–Kier alpha value is -1.60. The van der Waals surface area contributed by atoms with Crippen LogP contribution in [0.1, 0.15) is 15.9 Å². The fraction of sp³-hybridized carbons (Fsp3) is 0.222. The summed E-state index contributed by atoms with van der Waals surface area (Å²) in [6.45, 7) is 1.39. The number of nitrogens with two attached hydrogens (primary N) is 1. The Balaban J connectivity index is 3.47. The van der Waals surface area contributed by atoms with E-state index in [9.17, 15) is 13.2 Å². The van der Waals surface area contributed by atoms with Gasteiger partial charge in [0, 0.05) is 0 Å². The van der Waals surface area contributed by atoms with E-state index in [2.05, 4.69) is 4.74 Å². The number of benzene rings is 1. The molecule has 3 N–H and O–H groups in total. The molecule has 1 aromatic rings. The molecule has 0 saturated carbocycles. The molecule has 0 saturated heterocycles. The van der Waals surface area contributed by atoms with Crippen LogP contribution in [0.15, 0.2) is 17.0 Å². The number of hydrogen-bond acceptors (Lipinski definition) is 5. The van der Waals surface area contributed by atoms with E-state index in [1.807, 2.05) is 0 Å². The van der Waals surface area contributed by atoms with E-state index in [1.165, 1.54) is 20.1 Å². The van der Waals surface area contributed by atoms with E-state index in [0.717, 1.165) is 6.07 Å². The van der Waals surface area contributed by atoms with Crippen LogP contribution >= 0.6 is 0 Å². The normalized spacial score (nSPS) is 11.2. The minimum atomic E-state index is -4.34. The quantitative estimate of drug-likeness (QED) is 0.449. The van der Waals surface area contributed by atoms with Crippen molar-refractivity contribution < 1.29 is 22.5 Å². The van der Waals surface area contributed by atoms with E-state index in [-0.39, 0.29) is 21.7 Å². The number of ether oxygens (including phenoxy) is 1. The maximum absolute atomic E-state index is 11.2. The fourth-order valence-corrected chi connectivity index (χ4v) is 2.01. The van der Waals surface area contributed by atoms with E-state index in [1.54, 1.807) is 0 Å². The Kier molecular flexibility index (Phi) is 3.20. The third-order valence-electron chi connectivity index (χ3n) is 2.15. The molecule has 16 heavy (non-hydrogen) atoms. The van der Waals surface area contributed by atoms with Gasteiger partial charge in [0.1, 0.15) is 0 Å². The smallest absolute Gasteiger partial charge is 0.339 e. The first kappa shape index (κ1) is 12.5. The molecular weight excluding hydrogens is 234 g/mol. The molecule has 7 heteroatoms. The van der Waals surface area contributed by atoms with Crippen LogP contribution in [0.4, 0.5) is 5.69 Å². The number of carbonyl (C=O) groups excluding carboxylic acids is 1. The SMILES string of the molecule is COC(=O)c1ccc(S(=O)(=O)O)c(C)c1N. The van der Waals surface area contributed by atoms with Gasteiger partial charge in [0.05, 0.1) is 23.3 Å². The van der Waals surface area contributed by atoms with Gasteiger partial charge in [0.2, 0.25) is 0 Å².